The van der Waals surface area contributed by atoms with Crippen molar-refractivity contribution in [2.24, 2.45) is 0 Å². The first-order chi connectivity index (χ1) is 11.2. The third-order valence-corrected chi connectivity index (χ3v) is 4.51. The van der Waals surface area contributed by atoms with Crippen molar-refractivity contribution in [3.63, 3.8) is 0 Å². The molecule has 0 fully saturated rings. The highest BCUT2D eigenvalue weighted by Crippen LogP contribution is 2.27. The lowest BCUT2D eigenvalue weighted by atomic mass is 10.2. The van der Waals surface area contributed by atoms with Gasteiger partial charge in [0.25, 0.3) is 0 Å². The molecule has 3 rings (SSSR count). The fraction of sp³-hybridized carbons (Fsp3) is 0.0556. The Morgan fingerprint density at radius 1 is 1.21 bits per heavy atom. The first-order valence-corrected chi connectivity index (χ1v) is 8.37. The molecule has 0 amide bonds. The van der Waals surface area contributed by atoms with Gasteiger partial charge >= 0.3 is 5.13 Å². The summed E-state index contributed by atoms with van der Waals surface area (Å²) in [5, 5.41) is 16.7. The maximum atomic E-state index is 9.60. The third kappa shape index (κ3) is 4.17. The molecule has 0 aliphatic heterocycles. The van der Waals surface area contributed by atoms with E-state index >= 15 is 0 Å². The van der Waals surface area contributed by atoms with E-state index in [0.717, 1.165) is 27.1 Å². The number of phenols is 1. The van der Waals surface area contributed by atoms with E-state index in [1.807, 2.05) is 42.5 Å². The Morgan fingerprint density at radius 3 is 2.62 bits per heavy atom. The molecule has 3 aromatic rings. The number of nitrogens with zero attached hydrogens (tertiary/aromatic N) is 1. The minimum Gasteiger partial charge on any atom is -1.00 e. The van der Waals surface area contributed by atoms with Gasteiger partial charge in [-0.15, -0.1) is 0 Å². The van der Waals surface area contributed by atoms with Crippen molar-refractivity contribution in [2.45, 2.75) is 6.54 Å². The number of hydrogen-bond donors (Lipinski definition) is 2. The van der Waals surface area contributed by atoms with Crippen LogP contribution in [0.3, 0.4) is 0 Å². The van der Waals surface area contributed by atoms with Gasteiger partial charge in [-0.2, -0.15) is 0 Å². The van der Waals surface area contributed by atoms with Crippen molar-refractivity contribution >= 4 is 33.8 Å². The van der Waals surface area contributed by atoms with E-state index in [2.05, 4.69) is 21.8 Å². The van der Waals surface area contributed by atoms with Gasteiger partial charge in [-0.1, -0.05) is 41.7 Å². The molecular weight excluding hydrogens is 408 g/mol. The number of hydrogen-bond acceptors (Lipinski definition) is 3. The fourth-order valence-electron chi connectivity index (χ4n) is 2.31. The molecule has 0 aliphatic carbocycles. The first kappa shape index (κ1) is 18.5. The van der Waals surface area contributed by atoms with E-state index in [4.69, 9.17) is 11.6 Å². The Hall–Kier alpha value is -1.82. The summed E-state index contributed by atoms with van der Waals surface area (Å²) in [7, 11) is 0. The van der Waals surface area contributed by atoms with Crippen LogP contribution in [0.5, 0.6) is 5.75 Å². The SMILES string of the molecule is C=CC[n+]1c(-c2ccc(Cl)cc2)csc1Nc1cccc(O)c1.[Br-]. The van der Waals surface area contributed by atoms with Crippen molar-refractivity contribution in [1.29, 1.82) is 0 Å². The molecule has 0 spiro atoms. The van der Waals surface area contributed by atoms with E-state index in [0.29, 0.717) is 6.54 Å². The molecule has 0 atom stereocenters. The zero-order valence-corrected chi connectivity index (χ0v) is 15.9. The molecule has 6 heteroatoms. The van der Waals surface area contributed by atoms with E-state index in [1.165, 1.54) is 0 Å². The molecule has 1 aromatic heterocycles. The number of rotatable bonds is 5. The van der Waals surface area contributed by atoms with Gasteiger partial charge in [0.15, 0.2) is 0 Å². The Bertz CT molecular complexity index is 833. The normalized spacial score (nSPS) is 10.0. The van der Waals surface area contributed by atoms with Crippen LogP contribution in [-0.4, -0.2) is 5.11 Å². The summed E-state index contributed by atoms with van der Waals surface area (Å²) in [6.45, 7) is 4.52. The molecule has 124 valence electrons. The smallest absolute Gasteiger partial charge is 0.339 e. The van der Waals surface area contributed by atoms with Crippen molar-refractivity contribution in [1.82, 2.24) is 0 Å². The van der Waals surface area contributed by atoms with E-state index in [-0.39, 0.29) is 22.7 Å². The Kier molecular flexibility index (Phi) is 6.43. The predicted octanol–water partition coefficient (Wildman–Crippen LogP) is 2.00. The van der Waals surface area contributed by atoms with Crippen molar-refractivity contribution in [3.05, 3.63) is 71.6 Å². The fourth-order valence-corrected chi connectivity index (χ4v) is 3.40. The molecule has 3 nitrogen and oxygen atoms in total. The molecule has 2 aromatic carbocycles. The lowest BCUT2D eigenvalue weighted by molar-refractivity contribution is -0.657. The number of anilines is 2. The topological polar surface area (TPSA) is 36.1 Å². The summed E-state index contributed by atoms with van der Waals surface area (Å²) in [6.07, 6.45) is 1.86. The summed E-state index contributed by atoms with van der Waals surface area (Å²) in [5.74, 6) is 0.236. The zero-order chi connectivity index (χ0) is 16.2. The van der Waals surface area contributed by atoms with Crippen LogP contribution in [0.15, 0.2) is 66.6 Å². The van der Waals surface area contributed by atoms with Crippen LogP contribution in [0, 0.1) is 0 Å². The van der Waals surface area contributed by atoms with Crippen LogP contribution in [0.1, 0.15) is 0 Å². The maximum Gasteiger partial charge on any atom is 0.339 e. The van der Waals surface area contributed by atoms with Crippen LogP contribution >= 0.6 is 22.9 Å². The zero-order valence-electron chi connectivity index (χ0n) is 12.7. The third-order valence-electron chi connectivity index (χ3n) is 3.37. The quantitative estimate of drug-likeness (QED) is 0.486. The molecule has 0 saturated carbocycles. The number of phenolic OH excluding ortho intramolecular Hbond substituents is 1. The maximum absolute atomic E-state index is 9.60. The van der Waals surface area contributed by atoms with Crippen LogP contribution in [0.2, 0.25) is 5.02 Å². The lowest BCUT2D eigenvalue weighted by Crippen LogP contribution is -3.00. The lowest BCUT2D eigenvalue weighted by Gasteiger charge is -2.04. The number of allylic oxidation sites excluding steroid dienone is 1. The molecule has 0 aliphatic rings. The van der Waals surface area contributed by atoms with Gasteiger partial charge in [0.05, 0.1) is 0 Å². The number of nitrogens with one attached hydrogen (secondary N) is 1. The van der Waals surface area contributed by atoms with Crippen molar-refractivity contribution in [3.8, 4) is 17.0 Å². The molecule has 0 unspecified atom stereocenters. The van der Waals surface area contributed by atoms with Crippen LogP contribution < -0.4 is 26.9 Å². The average molecular weight is 424 g/mol. The highest BCUT2D eigenvalue weighted by Gasteiger charge is 2.18. The van der Waals surface area contributed by atoms with Gasteiger partial charge in [0.2, 0.25) is 0 Å². The minimum atomic E-state index is 0. The number of benzene rings is 2. The first-order valence-electron chi connectivity index (χ1n) is 7.11. The monoisotopic (exact) mass is 422 g/mol. The van der Waals surface area contributed by atoms with Gasteiger partial charge in [-0.25, -0.2) is 9.88 Å². The molecule has 24 heavy (non-hydrogen) atoms. The molecule has 0 bridgehead atoms. The summed E-state index contributed by atoms with van der Waals surface area (Å²) in [4.78, 5) is 0. The predicted molar refractivity (Wildman–Crippen MR) is 96.5 cm³/mol. The molecular formula is C18H16BrClN2OS. The summed E-state index contributed by atoms with van der Waals surface area (Å²) in [5.41, 5.74) is 3.03. The second-order valence-corrected chi connectivity index (χ2v) is 6.30. The molecule has 0 radical (unpaired) electrons. The molecule has 2 N–H and O–H groups in total. The summed E-state index contributed by atoms with van der Waals surface area (Å²) in [6, 6.07) is 14.8. The Morgan fingerprint density at radius 2 is 1.96 bits per heavy atom. The number of halogens is 2. The molecule has 1 heterocycles. The Labute approximate surface area is 160 Å². The van der Waals surface area contributed by atoms with E-state index in [9.17, 15) is 5.11 Å². The van der Waals surface area contributed by atoms with E-state index < -0.39 is 0 Å². The summed E-state index contributed by atoms with van der Waals surface area (Å²) >= 11 is 7.58. The highest BCUT2D eigenvalue weighted by molar-refractivity contribution is 7.13. The standard InChI is InChI=1S/C18H15ClN2OS.BrH/c1-2-10-21-17(13-6-8-14(19)9-7-13)12-23-18(21)20-15-4-3-5-16(22)11-15;/h2-9,11-12,22H,1,10H2;1H. The van der Waals surface area contributed by atoms with Crippen LogP contribution in [0.4, 0.5) is 10.8 Å². The van der Waals surface area contributed by atoms with E-state index in [1.54, 1.807) is 23.5 Å². The number of aromatic hydroxyl groups is 1. The Balaban J connectivity index is 0.00000208. The van der Waals surface area contributed by atoms with Gasteiger partial charge < -0.3 is 22.1 Å². The van der Waals surface area contributed by atoms with Crippen LogP contribution in [0.25, 0.3) is 11.3 Å². The largest absolute Gasteiger partial charge is 1.00 e. The second-order valence-electron chi connectivity index (χ2n) is 5.01. The van der Waals surface area contributed by atoms with Gasteiger partial charge in [0, 0.05) is 22.0 Å². The second kappa shape index (κ2) is 8.33. The van der Waals surface area contributed by atoms with Gasteiger partial charge in [0.1, 0.15) is 23.7 Å². The number of thiazole rings is 1. The van der Waals surface area contributed by atoms with Crippen LogP contribution in [-0.2, 0) is 6.54 Å². The van der Waals surface area contributed by atoms with Gasteiger partial charge in [-0.05, 0) is 36.4 Å². The summed E-state index contributed by atoms with van der Waals surface area (Å²) < 4.78 is 2.14. The van der Waals surface area contributed by atoms with Crippen molar-refractivity contribution < 1.29 is 26.7 Å². The highest BCUT2D eigenvalue weighted by atomic mass is 79.9. The van der Waals surface area contributed by atoms with Gasteiger partial charge in [-0.3, -0.25) is 0 Å². The number of aromatic nitrogens is 1. The molecule has 0 saturated heterocycles. The average Bonchev–Trinajstić information content (AvgIpc) is 2.91. The minimum absolute atomic E-state index is 0. The van der Waals surface area contributed by atoms with Crippen molar-refractivity contribution in [2.75, 3.05) is 5.32 Å².